The summed E-state index contributed by atoms with van der Waals surface area (Å²) in [5.41, 5.74) is 2.52. The molecule has 0 saturated heterocycles. The zero-order valence-corrected chi connectivity index (χ0v) is 9.03. The summed E-state index contributed by atoms with van der Waals surface area (Å²) in [5, 5.41) is 0. The molecule has 2 nitrogen and oxygen atoms in total. The molecule has 0 fully saturated rings. The lowest BCUT2D eigenvalue weighted by Crippen LogP contribution is -2.18. The highest BCUT2D eigenvalue weighted by molar-refractivity contribution is 9.07. The highest BCUT2D eigenvalue weighted by Crippen LogP contribution is 2.20. The van der Waals surface area contributed by atoms with E-state index in [-0.39, 0.29) is 0 Å². The number of rotatable bonds is 1. The number of hydrogen-bond donors (Lipinski definition) is 0. The molecule has 1 aromatic rings. The van der Waals surface area contributed by atoms with Crippen molar-refractivity contribution in [3.63, 3.8) is 0 Å². The van der Waals surface area contributed by atoms with Gasteiger partial charge in [-0.15, -0.1) is 0 Å². The van der Waals surface area contributed by atoms with Crippen LogP contribution in [0.25, 0.3) is 0 Å². The molecular formula is C10H11BrN2. The fourth-order valence-corrected chi connectivity index (χ4v) is 1.64. The van der Waals surface area contributed by atoms with Gasteiger partial charge in [-0.25, -0.2) is 0 Å². The molecule has 0 saturated carbocycles. The van der Waals surface area contributed by atoms with Crippen molar-refractivity contribution in [2.75, 3.05) is 11.6 Å². The zero-order valence-electron chi connectivity index (χ0n) is 7.44. The topological polar surface area (TPSA) is 6.48 Å². The van der Waals surface area contributed by atoms with Crippen LogP contribution in [-0.2, 0) is 0 Å². The summed E-state index contributed by atoms with van der Waals surface area (Å²) in [5.74, 6) is 0. The van der Waals surface area contributed by atoms with Gasteiger partial charge in [0.05, 0.1) is 16.1 Å². The van der Waals surface area contributed by atoms with E-state index in [1.807, 2.05) is 10.1 Å². The van der Waals surface area contributed by atoms with Crippen LogP contribution in [0.15, 0.2) is 36.7 Å². The third-order valence-electron chi connectivity index (χ3n) is 2.06. The molecular weight excluding hydrogens is 228 g/mol. The van der Waals surface area contributed by atoms with Gasteiger partial charge in [0.1, 0.15) is 6.67 Å². The number of benzene rings is 1. The first-order chi connectivity index (χ1) is 6.25. The summed E-state index contributed by atoms with van der Waals surface area (Å²) in [6, 6.07) is 8.51. The molecule has 0 radical (unpaired) electrons. The lowest BCUT2D eigenvalue weighted by atomic mass is 10.2. The first-order valence-electron chi connectivity index (χ1n) is 4.20. The average molecular weight is 239 g/mol. The van der Waals surface area contributed by atoms with Crippen molar-refractivity contribution in [3.05, 3.63) is 42.2 Å². The number of nitrogens with zero attached hydrogens (tertiary/aromatic N) is 2. The predicted molar refractivity (Wildman–Crippen MR) is 58.4 cm³/mol. The van der Waals surface area contributed by atoms with Crippen LogP contribution in [0.2, 0.25) is 0 Å². The van der Waals surface area contributed by atoms with Crippen molar-refractivity contribution < 1.29 is 0 Å². The molecule has 0 unspecified atom stereocenters. The summed E-state index contributed by atoms with van der Waals surface area (Å²) < 4.78 is 1.97. The molecule has 0 aromatic heterocycles. The molecule has 0 bridgehead atoms. The molecule has 0 atom stereocenters. The molecule has 0 N–H and O–H groups in total. The third-order valence-corrected chi connectivity index (χ3v) is 2.52. The van der Waals surface area contributed by atoms with Gasteiger partial charge in [-0.2, -0.15) is 0 Å². The molecule has 1 aliphatic heterocycles. The Morgan fingerprint density at radius 1 is 1.15 bits per heavy atom. The maximum atomic E-state index is 3.40. The van der Waals surface area contributed by atoms with Gasteiger partial charge in [0.25, 0.3) is 0 Å². The minimum absolute atomic E-state index is 0.864. The minimum Gasteiger partial charge on any atom is -0.328 e. The fourth-order valence-electron chi connectivity index (χ4n) is 1.30. The van der Waals surface area contributed by atoms with E-state index in [2.05, 4.69) is 58.4 Å². The van der Waals surface area contributed by atoms with Gasteiger partial charge >= 0.3 is 0 Å². The zero-order chi connectivity index (χ0) is 9.26. The number of halogens is 1. The third kappa shape index (κ3) is 1.86. The summed E-state index contributed by atoms with van der Waals surface area (Å²) in [6.07, 6.45) is 4.05. The highest BCUT2D eigenvalue weighted by Gasteiger charge is 2.10. The average Bonchev–Trinajstić information content (AvgIpc) is 2.53. The minimum atomic E-state index is 0.864. The van der Waals surface area contributed by atoms with Gasteiger partial charge < -0.3 is 4.90 Å². The van der Waals surface area contributed by atoms with Crippen LogP contribution in [-0.4, -0.2) is 10.6 Å². The van der Waals surface area contributed by atoms with Crippen molar-refractivity contribution in [1.29, 1.82) is 0 Å². The first-order valence-corrected chi connectivity index (χ1v) is 4.91. The molecule has 0 aliphatic carbocycles. The number of anilines is 1. The van der Waals surface area contributed by atoms with E-state index in [1.54, 1.807) is 0 Å². The van der Waals surface area contributed by atoms with E-state index in [0.29, 0.717) is 0 Å². The summed E-state index contributed by atoms with van der Waals surface area (Å²) >= 11 is 3.40. The molecule has 0 amide bonds. The maximum Gasteiger partial charge on any atom is 0.105 e. The normalized spacial score (nSPS) is 15.5. The highest BCUT2D eigenvalue weighted by atomic mass is 79.9. The van der Waals surface area contributed by atoms with Crippen molar-refractivity contribution in [3.8, 4) is 0 Å². The van der Waals surface area contributed by atoms with Crippen molar-refractivity contribution in [2.24, 2.45) is 0 Å². The molecule has 1 aromatic carbocycles. The Morgan fingerprint density at radius 2 is 1.85 bits per heavy atom. The fraction of sp³-hybridized carbons (Fsp3) is 0.200. The summed E-state index contributed by atoms with van der Waals surface area (Å²) in [6.45, 7) is 2.96. The molecule has 1 heterocycles. The summed E-state index contributed by atoms with van der Waals surface area (Å²) in [4.78, 5) is 2.17. The van der Waals surface area contributed by atoms with Crippen LogP contribution in [0.4, 0.5) is 5.69 Å². The number of hydrogen-bond acceptors (Lipinski definition) is 2. The Balaban J connectivity index is 2.18. The van der Waals surface area contributed by atoms with E-state index < -0.39 is 0 Å². The van der Waals surface area contributed by atoms with Crippen molar-refractivity contribution >= 4 is 21.8 Å². The lowest BCUT2D eigenvalue weighted by molar-refractivity contribution is 0.689. The Kier molecular flexibility index (Phi) is 2.27. The number of aryl methyl sites for hydroxylation is 1. The van der Waals surface area contributed by atoms with Gasteiger partial charge in [0, 0.05) is 18.1 Å². The molecule has 68 valence electrons. The van der Waals surface area contributed by atoms with E-state index in [9.17, 15) is 0 Å². The first kappa shape index (κ1) is 8.63. The van der Waals surface area contributed by atoms with E-state index >= 15 is 0 Å². The predicted octanol–water partition coefficient (Wildman–Crippen LogP) is 2.86. The SMILES string of the molecule is Cc1ccc(N2C=CN(Br)C2)cc1. The van der Waals surface area contributed by atoms with E-state index in [4.69, 9.17) is 0 Å². The molecule has 3 heteroatoms. The van der Waals surface area contributed by atoms with E-state index in [1.165, 1.54) is 11.3 Å². The van der Waals surface area contributed by atoms with Crippen molar-refractivity contribution in [1.82, 2.24) is 3.93 Å². The monoisotopic (exact) mass is 238 g/mol. The van der Waals surface area contributed by atoms with Gasteiger partial charge in [0.15, 0.2) is 0 Å². The standard InChI is InChI=1S/C10H11BrN2/c1-9-2-4-10(5-3-9)12-6-7-13(11)8-12/h2-7H,8H2,1H3. The van der Waals surface area contributed by atoms with Crippen LogP contribution in [0.1, 0.15) is 5.56 Å². The van der Waals surface area contributed by atoms with Crippen LogP contribution in [0.3, 0.4) is 0 Å². The molecule has 2 rings (SSSR count). The second kappa shape index (κ2) is 3.42. The largest absolute Gasteiger partial charge is 0.328 e. The second-order valence-electron chi connectivity index (χ2n) is 3.14. The van der Waals surface area contributed by atoms with Crippen molar-refractivity contribution in [2.45, 2.75) is 6.92 Å². The van der Waals surface area contributed by atoms with Crippen LogP contribution in [0, 0.1) is 6.92 Å². The Bertz CT molecular complexity index is 318. The quantitative estimate of drug-likeness (QED) is 0.695. The molecule has 13 heavy (non-hydrogen) atoms. The lowest BCUT2D eigenvalue weighted by Gasteiger charge is -2.16. The van der Waals surface area contributed by atoms with Gasteiger partial charge in [-0.05, 0) is 19.1 Å². The van der Waals surface area contributed by atoms with Gasteiger partial charge in [-0.1, -0.05) is 17.7 Å². The Hall–Kier alpha value is -0.960. The Labute approximate surface area is 86.8 Å². The van der Waals surface area contributed by atoms with Crippen LogP contribution >= 0.6 is 16.1 Å². The molecule has 1 aliphatic rings. The smallest absolute Gasteiger partial charge is 0.105 e. The second-order valence-corrected chi connectivity index (χ2v) is 4.06. The van der Waals surface area contributed by atoms with Gasteiger partial charge in [-0.3, -0.25) is 3.93 Å². The maximum absolute atomic E-state index is 3.40. The van der Waals surface area contributed by atoms with Crippen LogP contribution < -0.4 is 4.90 Å². The van der Waals surface area contributed by atoms with E-state index in [0.717, 1.165) is 6.67 Å². The summed E-state index contributed by atoms with van der Waals surface area (Å²) in [7, 11) is 0. The van der Waals surface area contributed by atoms with Gasteiger partial charge in [0.2, 0.25) is 0 Å². The Morgan fingerprint density at radius 3 is 2.38 bits per heavy atom. The molecule has 0 spiro atoms. The van der Waals surface area contributed by atoms with Crippen LogP contribution in [0.5, 0.6) is 0 Å².